The molecular weight excluding hydrogens is 384 g/mol. The number of rotatable bonds is 9. The van der Waals surface area contributed by atoms with Gasteiger partial charge in [-0.25, -0.2) is 19.7 Å². The van der Waals surface area contributed by atoms with Crippen LogP contribution in [0.5, 0.6) is 0 Å². The second kappa shape index (κ2) is 9.93. The Balaban J connectivity index is 1.97. The Hall–Kier alpha value is -3.33. The molecule has 0 aliphatic heterocycles. The Kier molecular flexibility index (Phi) is 7.08. The second-order valence-electron chi connectivity index (χ2n) is 7.34. The van der Waals surface area contributed by atoms with E-state index < -0.39 is 6.09 Å². The number of amides is 1. The van der Waals surface area contributed by atoms with E-state index >= 15 is 0 Å². The minimum Gasteiger partial charge on any atom is -0.465 e. The molecule has 2 aromatic heterocycles. The fourth-order valence-corrected chi connectivity index (χ4v) is 3.29. The number of nitrogens with one attached hydrogen (secondary N) is 2. The molecule has 0 saturated heterocycles. The summed E-state index contributed by atoms with van der Waals surface area (Å²) in [5.74, 6) is 0.735. The highest BCUT2D eigenvalue weighted by molar-refractivity contribution is 5.67. The third-order valence-corrected chi connectivity index (χ3v) is 4.75. The first-order valence-corrected chi connectivity index (χ1v) is 9.93. The zero-order valence-electron chi connectivity index (χ0n) is 17.1. The van der Waals surface area contributed by atoms with Gasteiger partial charge in [0.25, 0.3) is 5.56 Å². The van der Waals surface area contributed by atoms with E-state index in [2.05, 4.69) is 20.6 Å². The average Bonchev–Trinajstić information content (AvgIpc) is 2.73. The lowest BCUT2D eigenvalue weighted by Crippen LogP contribution is -2.36. The largest absolute Gasteiger partial charge is 0.465 e. The molecule has 0 aliphatic rings. The van der Waals surface area contributed by atoms with Crippen LogP contribution >= 0.6 is 0 Å². The van der Waals surface area contributed by atoms with Gasteiger partial charge in [-0.05, 0) is 24.4 Å². The summed E-state index contributed by atoms with van der Waals surface area (Å²) in [5, 5.41) is 14.5. The van der Waals surface area contributed by atoms with Gasteiger partial charge in [-0.3, -0.25) is 9.36 Å². The van der Waals surface area contributed by atoms with Crippen molar-refractivity contribution in [3.63, 3.8) is 0 Å². The van der Waals surface area contributed by atoms with E-state index in [4.69, 9.17) is 10.1 Å². The molecule has 1 aromatic carbocycles. The molecule has 3 rings (SSSR count). The van der Waals surface area contributed by atoms with Crippen LogP contribution in [0, 0.1) is 5.92 Å². The molecule has 0 aliphatic carbocycles. The van der Waals surface area contributed by atoms with Crippen molar-refractivity contribution in [2.24, 2.45) is 5.92 Å². The van der Waals surface area contributed by atoms with Crippen LogP contribution in [0.3, 0.4) is 0 Å². The van der Waals surface area contributed by atoms with Gasteiger partial charge in [0, 0.05) is 18.9 Å². The molecule has 1 amide bonds. The van der Waals surface area contributed by atoms with Gasteiger partial charge in [0.05, 0.1) is 12.6 Å². The maximum absolute atomic E-state index is 13.2. The molecule has 1 unspecified atom stereocenters. The first-order valence-electron chi connectivity index (χ1n) is 9.93. The summed E-state index contributed by atoms with van der Waals surface area (Å²) in [6, 6.07) is 9.52. The van der Waals surface area contributed by atoms with Crippen molar-refractivity contribution >= 4 is 17.3 Å². The SMILES string of the molecule is CC(C)C(NCCCNC(=O)O)c1nc2nccnc2c(=O)n1Cc1ccccc1. The predicted molar refractivity (Wildman–Crippen MR) is 113 cm³/mol. The van der Waals surface area contributed by atoms with E-state index in [1.54, 1.807) is 4.57 Å². The van der Waals surface area contributed by atoms with Crippen molar-refractivity contribution in [3.8, 4) is 0 Å². The number of hydrogen-bond acceptors (Lipinski definition) is 6. The van der Waals surface area contributed by atoms with E-state index in [0.29, 0.717) is 37.5 Å². The molecule has 158 valence electrons. The minimum absolute atomic E-state index is 0.139. The Morgan fingerprint density at radius 2 is 1.87 bits per heavy atom. The van der Waals surface area contributed by atoms with Gasteiger partial charge in [0.15, 0.2) is 11.2 Å². The van der Waals surface area contributed by atoms with Crippen LogP contribution in [-0.2, 0) is 6.54 Å². The maximum atomic E-state index is 13.2. The Morgan fingerprint density at radius 1 is 1.13 bits per heavy atom. The maximum Gasteiger partial charge on any atom is 0.404 e. The van der Waals surface area contributed by atoms with Crippen molar-refractivity contribution in [3.05, 3.63) is 64.5 Å². The molecule has 0 radical (unpaired) electrons. The third kappa shape index (κ3) is 5.18. The topological polar surface area (TPSA) is 122 Å². The van der Waals surface area contributed by atoms with Crippen molar-refractivity contribution in [1.82, 2.24) is 30.2 Å². The minimum atomic E-state index is -1.04. The van der Waals surface area contributed by atoms with Crippen LogP contribution < -0.4 is 16.2 Å². The molecule has 30 heavy (non-hydrogen) atoms. The van der Waals surface area contributed by atoms with Crippen LogP contribution in [0.1, 0.15) is 37.7 Å². The van der Waals surface area contributed by atoms with Gasteiger partial charge >= 0.3 is 6.09 Å². The quantitative estimate of drug-likeness (QED) is 0.462. The molecule has 0 spiro atoms. The molecule has 1 atom stereocenters. The van der Waals surface area contributed by atoms with Crippen molar-refractivity contribution < 1.29 is 9.90 Å². The van der Waals surface area contributed by atoms with Gasteiger partial charge in [0.2, 0.25) is 0 Å². The summed E-state index contributed by atoms with van der Waals surface area (Å²) in [4.78, 5) is 37.0. The zero-order valence-corrected chi connectivity index (χ0v) is 17.1. The van der Waals surface area contributed by atoms with E-state index in [1.807, 2.05) is 44.2 Å². The highest BCUT2D eigenvalue weighted by atomic mass is 16.4. The van der Waals surface area contributed by atoms with Gasteiger partial charge in [-0.1, -0.05) is 44.2 Å². The molecule has 2 heterocycles. The first-order chi connectivity index (χ1) is 14.5. The van der Waals surface area contributed by atoms with E-state index in [-0.39, 0.29) is 23.0 Å². The highest BCUT2D eigenvalue weighted by Crippen LogP contribution is 2.21. The van der Waals surface area contributed by atoms with Crippen LogP contribution in [0.2, 0.25) is 0 Å². The lowest BCUT2D eigenvalue weighted by molar-refractivity contribution is 0.194. The summed E-state index contributed by atoms with van der Waals surface area (Å²) in [6.07, 6.45) is 2.59. The third-order valence-electron chi connectivity index (χ3n) is 4.75. The molecule has 9 nitrogen and oxygen atoms in total. The molecule has 0 bridgehead atoms. The second-order valence-corrected chi connectivity index (χ2v) is 7.34. The standard InChI is InChI=1S/C21H26N6O3/c1-14(2)16(22-9-6-10-25-21(29)30)19-26-18-17(23-11-12-24-18)20(28)27(19)13-15-7-4-3-5-8-15/h3-5,7-8,11-12,14,16,22,25H,6,9-10,13H2,1-2H3,(H,29,30). The number of fused-ring (bicyclic) bond motifs is 1. The lowest BCUT2D eigenvalue weighted by atomic mass is 10.0. The summed E-state index contributed by atoms with van der Waals surface area (Å²) in [7, 11) is 0. The van der Waals surface area contributed by atoms with Gasteiger partial charge in [-0.2, -0.15) is 0 Å². The van der Waals surface area contributed by atoms with Crippen molar-refractivity contribution in [2.75, 3.05) is 13.1 Å². The number of carboxylic acid groups (broad SMARTS) is 1. The number of benzene rings is 1. The smallest absolute Gasteiger partial charge is 0.404 e. The van der Waals surface area contributed by atoms with E-state index in [1.165, 1.54) is 12.4 Å². The Labute approximate surface area is 174 Å². The number of nitrogens with zero attached hydrogens (tertiary/aromatic N) is 4. The summed E-state index contributed by atoms with van der Waals surface area (Å²) in [6.45, 7) is 5.39. The first kappa shape index (κ1) is 21.4. The van der Waals surface area contributed by atoms with Gasteiger partial charge < -0.3 is 15.7 Å². The molecule has 0 saturated carbocycles. The van der Waals surface area contributed by atoms with Crippen LogP contribution in [0.25, 0.3) is 11.2 Å². The monoisotopic (exact) mass is 410 g/mol. The molecular formula is C21H26N6O3. The van der Waals surface area contributed by atoms with Crippen molar-refractivity contribution in [2.45, 2.75) is 32.9 Å². The van der Waals surface area contributed by atoms with Crippen LogP contribution in [0.15, 0.2) is 47.5 Å². The van der Waals surface area contributed by atoms with Gasteiger partial charge in [-0.15, -0.1) is 0 Å². The van der Waals surface area contributed by atoms with Crippen LogP contribution in [0.4, 0.5) is 4.79 Å². The zero-order chi connectivity index (χ0) is 21.5. The van der Waals surface area contributed by atoms with E-state index in [0.717, 1.165) is 5.56 Å². The predicted octanol–water partition coefficient (Wildman–Crippen LogP) is 2.18. The Bertz CT molecular complexity index is 1050. The molecule has 0 fully saturated rings. The normalized spacial score (nSPS) is 12.2. The number of hydrogen-bond donors (Lipinski definition) is 3. The number of carbonyl (C=O) groups is 1. The lowest BCUT2D eigenvalue weighted by Gasteiger charge is -2.25. The summed E-state index contributed by atoms with van der Waals surface area (Å²) >= 11 is 0. The average molecular weight is 410 g/mol. The Morgan fingerprint density at radius 3 is 2.57 bits per heavy atom. The molecule has 3 N–H and O–H groups in total. The van der Waals surface area contributed by atoms with Crippen LogP contribution in [-0.4, -0.2) is 43.8 Å². The molecule has 9 heteroatoms. The van der Waals surface area contributed by atoms with E-state index in [9.17, 15) is 9.59 Å². The fraction of sp³-hybridized carbons (Fsp3) is 0.381. The summed E-state index contributed by atoms with van der Waals surface area (Å²) < 4.78 is 1.65. The van der Waals surface area contributed by atoms with Gasteiger partial charge in [0.1, 0.15) is 5.82 Å². The fourth-order valence-electron chi connectivity index (χ4n) is 3.29. The summed E-state index contributed by atoms with van der Waals surface area (Å²) in [5.41, 5.74) is 1.32. The number of aromatic nitrogens is 4. The highest BCUT2D eigenvalue weighted by Gasteiger charge is 2.23. The molecule has 3 aromatic rings. The van der Waals surface area contributed by atoms with Crippen molar-refractivity contribution in [1.29, 1.82) is 0 Å².